The van der Waals surface area contributed by atoms with E-state index in [1.165, 1.54) is 18.2 Å². The topological polar surface area (TPSA) is 102 Å². The van der Waals surface area contributed by atoms with Crippen LogP contribution in [0.1, 0.15) is 10.4 Å². The molecule has 0 aromatic heterocycles. The van der Waals surface area contributed by atoms with Crippen LogP contribution in [0.3, 0.4) is 0 Å². The Labute approximate surface area is 85.9 Å². The molecule has 1 aromatic rings. The van der Waals surface area contributed by atoms with Crippen LogP contribution < -0.4 is 10.5 Å². The van der Waals surface area contributed by atoms with Gasteiger partial charge in [-0.05, 0) is 18.2 Å². The van der Waals surface area contributed by atoms with Gasteiger partial charge in [0.25, 0.3) is 10.0 Å². The van der Waals surface area contributed by atoms with E-state index >= 15 is 0 Å². The van der Waals surface area contributed by atoms with E-state index < -0.39 is 15.9 Å². The number of primary amides is 1. The number of carbonyl (C=O) groups excluding carboxylic acids is 1. The van der Waals surface area contributed by atoms with Crippen LogP contribution in [0, 0.1) is 0 Å². The lowest BCUT2D eigenvalue weighted by Crippen LogP contribution is -2.25. The van der Waals surface area contributed by atoms with Crippen molar-refractivity contribution in [1.29, 1.82) is 0 Å². The lowest BCUT2D eigenvalue weighted by molar-refractivity contribution is 0.1000. The van der Waals surface area contributed by atoms with Gasteiger partial charge < -0.3 is 5.73 Å². The van der Waals surface area contributed by atoms with Crippen molar-refractivity contribution < 1.29 is 13.2 Å². The molecular weight excluding hydrogens is 218 g/mol. The first kappa shape index (κ1) is 9.66. The van der Waals surface area contributed by atoms with Gasteiger partial charge in [-0.2, -0.15) is 0 Å². The largest absolute Gasteiger partial charge is 0.366 e. The molecule has 0 saturated heterocycles. The molecule has 6 nitrogen and oxygen atoms in total. The summed E-state index contributed by atoms with van der Waals surface area (Å²) in [5, 5.41) is 0. The molecule has 1 aliphatic heterocycles. The zero-order valence-corrected chi connectivity index (χ0v) is 8.28. The number of aliphatic imine (C=N–C) groups is 1. The van der Waals surface area contributed by atoms with Gasteiger partial charge in [-0.3, -0.25) is 9.52 Å². The molecule has 3 N–H and O–H groups in total. The number of nitrogens with two attached hydrogens (primary N) is 1. The van der Waals surface area contributed by atoms with Crippen molar-refractivity contribution >= 4 is 28.0 Å². The molecule has 0 unspecified atom stereocenters. The standard InChI is InChI=1S/C8H7N3O3S/c9-8(12)5-1-2-6-7(3-5)15(13,14)11-4-10-6/h1-4H,(H2,9,12)(H,10,11). The molecule has 1 amide bonds. The van der Waals surface area contributed by atoms with Crippen molar-refractivity contribution in [2.75, 3.05) is 0 Å². The average Bonchev–Trinajstić information content (AvgIpc) is 2.17. The number of nitrogens with zero attached hydrogens (tertiary/aromatic N) is 1. The molecule has 15 heavy (non-hydrogen) atoms. The number of hydrogen-bond donors (Lipinski definition) is 2. The monoisotopic (exact) mass is 225 g/mol. The third kappa shape index (κ3) is 1.57. The van der Waals surface area contributed by atoms with Crippen LogP contribution in [0.4, 0.5) is 5.69 Å². The van der Waals surface area contributed by atoms with Crippen LogP contribution in [-0.2, 0) is 10.0 Å². The molecule has 1 aliphatic rings. The smallest absolute Gasteiger partial charge is 0.264 e. The molecule has 0 saturated carbocycles. The summed E-state index contributed by atoms with van der Waals surface area (Å²) in [6, 6.07) is 4.07. The highest BCUT2D eigenvalue weighted by molar-refractivity contribution is 7.90. The van der Waals surface area contributed by atoms with Gasteiger partial charge in [-0.15, -0.1) is 0 Å². The predicted molar refractivity (Wildman–Crippen MR) is 53.4 cm³/mol. The molecule has 1 aromatic carbocycles. The van der Waals surface area contributed by atoms with E-state index in [0.29, 0.717) is 5.69 Å². The Kier molecular flexibility index (Phi) is 1.97. The lowest BCUT2D eigenvalue weighted by Gasteiger charge is -2.12. The predicted octanol–water partition coefficient (Wildman–Crippen LogP) is -0.263. The summed E-state index contributed by atoms with van der Waals surface area (Å²) in [6.45, 7) is 0. The van der Waals surface area contributed by atoms with E-state index in [9.17, 15) is 13.2 Å². The number of benzene rings is 1. The first-order chi connectivity index (χ1) is 7.00. The Morgan fingerprint density at radius 1 is 1.40 bits per heavy atom. The van der Waals surface area contributed by atoms with E-state index in [1.54, 1.807) is 0 Å². The minimum atomic E-state index is -3.61. The molecule has 0 atom stereocenters. The molecule has 7 heteroatoms. The highest BCUT2D eigenvalue weighted by Crippen LogP contribution is 2.26. The molecule has 1 heterocycles. The maximum absolute atomic E-state index is 11.5. The summed E-state index contributed by atoms with van der Waals surface area (Å²) in [5.74, 6) is -0.678. The fourth-order valence-corrected chi connectivity index (χ4v) is 2.21. The van der Waals surface area contributed by atoms with Gasteiger partial charge in [0, 0.05) is 5.56 Å². The summed E-state index contributed by atoms with van der Waals surface area (Å²) in [5.41, 5.74) is 5.47. The Morgan fingerprint density at radius 3 is 2.80 bits per heavy atom. The van der Waals surface area contributed by atoms with Crippen LogP contribution in [0.2, 0.25) is 0 Å². The minimum absolute atomic E-state index is 0.0405. The van der Waals surface area contributed by atoms with Crippen molar-refractivity contribution in [2.45, 2.75) is 4.90 Å². The van der Waals surface area contributed by atoms with Gasteiger partial charge in [-0.25, -0.2) is 13.4 Å². The normalized spacial score (nSPS) is 16.5. The van der Waals surface area contributed by atoms with Gasteiger partial charge in [0.15, 0.2) is 0 Å². The number of carbonyl (C=O) groups is 1. The number of sulfonamides is 1. The van der Waals surface area contributed by atoms with Gasteiger partial charge in [0.2, 0.25) is 5.91 Å². The minimum Gasteiger partial charge on any atom is -0.366 e. The third-order valence-corrected chi connectivity index (χ3v) is 3.27. The maximum atomic E-state index is 11.5. The lowest BCUT2D eigenvalue weighted by atomic mass is 10.2. The van der Waals surface area contributed by atoms with Crippen molar-refractivity contribution in [3.05, 3.63) is 23.8 Å². The Morgan fingerprint density at radius 2 is 2.13 bits per heavy atom. The van der Waals surface area contributed by atoms with E-state index in [2.05, 4.69) is 9.71 Å². The van der Waals surface area contributed by atoms with Crippen LogP contribution in [-0.4, -0.2) is 20.7 Å². The van der Waals surface area contributed by atoms with Crippen molar-refractivity contribution in [3.63, 3.8) is 0 Å². The van der Waals surface area contributed by atoms with E-state index in [0.717, 1.165) is 6.34 Å². The number of fused-ring (bicyclic) bond motifs is 1. The number of amides is 1. The SMILES string of the molecule is NC(=O)c1ccc2c(c1)S(=O)(=O)NC=N2. The van der Waals surface area contributed by atoms with Crippen LogP contribution in [0.25, 0.3) is 0 Å². The summed E-state index contributed by atoms with van der Waals surface area (Å²) < 4.78 is 25.1. The summed E-state index contributed by atoms with van der Waals surface area (Å²) >= 11 is 0. The molecule has 0 bridgehead atoms. The zero-order chi connectivity index (χ0) is 11.1. The fraction of sp³-hybridized carbons (Fsp3) is 0. The quantitative estimate of drug-likeness (QED) is 0.688. The van der Waals surface area contributed by atoms with Gasteiger partial charge in [-0.1, -0.05) is 0 Å². The Bertz CT molecular complexity index is 562. The maximum Gasteiger partial charge on any atom is 0.264 e. The van der Waals surface area contributed by atoms with Crippen molar-refractivity contribution in [1.82, 2.24) is 4.72 Å². The number of rotatable bonds is 1. The first-order valence-corrected chi connectivity index (χ1v) is 5.48. The molecule has 2 rings (SSSR count). The molecule has 0 fully saturated rings. The second-order valence-electron chi connectivity index (χ2n) is 2.93. The molecule has 0 spiro atoms. The van der Waals surface area contributed by atoms with Gasteiger partial charge in [0.1, 0.15) is 11.2 Å². The molecule has 78 valence electrons. The van der Waals surface area contributed by atoms with Crippen molar-refractivity contribution in [2.24, 2.45) is 10.7 Å². The molecular formula is C8H7N3O3S. The Balaban J connectivity index is 2.70. The van der Waals surface area contributed by atoms with Crippen LogP contribution in [0.5, 0.6) is 0 Å². The third-order valence-electron chi connectivity index (χ3n) is 1.95. The summed E-state index contributed by atoms with van der Waals surface area (Å²) in [6.07, 6.45) is 1.08. The fourth-order valence-electron chi connectivity index (χ4n) is 1.22. The van der Waals surface area contributed by atoms with Gasteiger partial charge >= 0.3 is 0 Å². The van der Waals surface area contributed by atoms with Gasteiger partial charge in [0.05, 0.1) is 5.69 Å². The van der Waals surface area contributed by atoms with Crippen molar-refractivity contribution in [3.8, 4) is 0 Å². The Hall–Kier alpha value is -1.89. The van der Waals surface area contributed by atoms with E-state index in [-0.39, 0.29) is 10.5 Å². The highest BCUT2D eigenvalue weighted by Gasteiger charge is 2.21. The zero-order valence-electron chi connectivity index (χ0n) is 7.47. The van der Waals surface area contributed by atoms with Crippen LogP contribution in [0.15, 0.2) is 28.1 Å². The second-order valence-corrected chi connectivity index (χ2v) is 4.61. The summed E-state index contributed by atoms with van der Waals surface area (Å²) in [7, 11) is -3.61. The van der Waals surface area contributed by atoms with E-state index in [4.69, 9.17) is 5.73 Å². The highest BCUT2D eigenvalue weighted by atomic mass is 32.2. The van der Waals surface area contributed by atoms with E-state index in [1.807, 2.05) is 0 Å². The van der Waals surface area contributed by atoms with Crippen LogP contribution >= 0.6 is 0 Å². The average molecular weight is 225 g/mol. The number of nitrogens with one attached hydrogen (secondary N) is 1. The first-order valence-electron chi connectivity index (χ1n) is 3.99. The summed E-state index contributed by atoms with van der Waals surface area (Å²) in [4.78, 5) is 14.6. The molecule has 0 radical (unpaired) electrons. The second kappa shape index (κ2) is 3.06. The molecule has 0 aliphatic carbocycles. The number of hydrogen-bond acceptors (Lipinski definition) is 4.